The minimum absolute atomic E-state index is 0.0181. The van der Waals surface area contributed by atoms with Gasteiger partial charge in [0.15, 0.2) is 0 Å². The molecule has 1 aliphatic heterocycles. The van der Waals surface area contributed by atoms with Gasteiger partial charge in [-0.3, -0.25) is 9.08 Å². The molecule has 1 heterocycles. The molecule has 0 aromatic heterocycles. The molecule has 6 rings (SSSR count). The number of aliphatic hydroxyl groups is 1. The number of carbonyl (C=O) groups excluding carboxylic acids is 1. The van der Waals surface area contributed by atoms with Crippen molar-refractivity contribution in [1.82, 2.24) is 4.90 Å². The van der Waals surface area contributed by atoms with Crippen molar-refractivity contribution in [1.29, 1.82) is 0 Å². The number of benzene rings is 5. The van der Waals surface area contributed by atoms with Crippen LogP contribution in [-0.4, -0.2) is 95.6 Å². The largest absolute Gasteiger partial charge is 0.496 e. The number of nitrogens with zero attached hydrogens (tertiary/aromatic N) is 1. The van der Waals surface area contributed by atoms with E-state index < -0.39 is 52.8 Å². The predicted molar refractivity (Wildman–Crippen MR) is 239 cm³/mol. The zero-order valence-corrected chi connectivity index (χ0v) is 37.7. The van der Waals surface area contributed by atoms with Crippen LogP contribution >= 0.6 is 0 Å². The van der Waals surface area contributed by atoms with E-state index in [1.807, 2.05) is 91.9 Å². The number of ether oxygens (including phenoxy) is 7. The highest BCUT2D eigenvalue weighted by Crippen LogP contribution is 2.37. The van der Waals surface area contributed by atoms with Gasteiger partial charge in [0.1, 0.15) is 29.0 Å². The van der Waals surface area contributed by atoms with Gasteiger partial charge in [0.05, 0.1) is 83.6 Å². The first kappa shape index (κ1) is 47.3. The summed E-state index contributed by atoms with van der Waals surface area (Å²) in [6.45, 7) is 8.17. The smallest absolute Gasteiger partial charge is 0.410 e. The van der Waals surface area contributed by atoms with Gasteiger partial charge in [0.2, 0.25) is 0 Å². The Morgan fingerprint density at radius 1 is 0.825 bits per heavy atom. The Hall–Kier alpha value is -5.22. The van der Waals surface area contributed by atoms with Gasteiger partial charge in [0, 0.05) is 23.8 Å². The molecule has 0 aliphatic carbocycles. The number of hydrogen-bond donors (Lipinski definition) is 1. The maximum atomic E-state index is 14.1. The highest BCUT2D eigenvalue weighted by atomic mass is 32.2. The van der Waals surface area contributed by atoms with E-state index in [0.29, 0.717) is 38.4 Å². The number of para-hydroxylation sites is 1. The van der Waals surface area contributed by atoms with Crippen LogP contribution < -0.4 is 14.2 Å². The highest BCUT2D eigenvalue weighted by Gasteiger charge is 2.43. The number of aliphatic hydroxyl groups excluding tert-OH is 1. The number of aryl methyl sites for hydroxylation is 1. The number of amides is 1. The van der Waals surface area contributed by atoms with Crippen molar-refractivity contribution in [2.45, 2.75) is 88.6 Å². The molecule has 1 fully saturated rings. The normalized spacial score (nSPS) is 17.3. The molecule has 1 N–H and O–H groups in total. The molecule has 13 nitrogen and oxygen atoms in total. The zero-order chi connectivity index (χ0) is 45.0. The van der Waals surface area contributed by atoms with Crippen LogP contribution in [0.2, 0.25) is 0 Å². The van der Waals surface area contributed by atoms with Gasteiger partial charge in [-0.05, 0) is 86.7 Å². The average Bonchev–Trinajstić information content (AvgIpc) is 3.27. The summed E-state index contributed by atoms with van der Waals surface area (Å²) in [5.41, 5.74) is 2.69. The molecule has 1 unspecified atom stereocenters. The van der Waals surface area contributed by atoms with Crippen molar-refractivity contribution in [3.05, 3.63) is 131 Å². The summed E-state index contributed by atoms with van der Waals surface area (Å²) in [5.74, 6) is 2.14. The highest BCUT2D eigenvalue weighted by molar-refractivity contribution is 7.86. The van der Waals surface area contributed by atoms with Crippen LogP contribution in [0.15, 0.2) is 114 Å². The van der Waals surface area contributed by atoms with Crippen molar-refractivity contribution in [3.8, 4) is 17.2 Å². The fourth-order valence-electron chi connectivity index (χ4n) is 7.32. The van der Waals surface area contributed by atoms with E-state index in [-0.39, 0.29) is 24.7 Å². The number of carbonyl (C=O) groups is 1. The lowest BCUT2D eigenvalue weighted by molar-refractivity contribution is -0.121. The number of likely N-dealkylation sites (tertiary alicyclic amines) is 1. The Bertz CT molecular complexity index is 2350. The number of fused-ring (bicyclic) bond motifs is 1. The van der Waals surface area contributed by atoms with E-state index in [4.69, 9.17) is 37.3 Å². The predicted octanol–water partition coefficient (Wildman–Crippen LogP) is 8.57. The quantitative estimate of drug-likeness (QED) is 0.0590. The van der Waals surface area contributed by atoms with Crippen molar-refractivity contribution in [2.75, 3.05) is 47.2 Å². The molecule has 1 amide bonds. The summed E-state index contributed by atoms with van der Waals surface area (Å²) >= 11 is 0. The Labute approximate surface area is 370 Å². The number of piperidine rings is 1. The van der Waals surface area contributed by atoms with E-state index in [1.54, 1.807) is 52.0 Å². The molecular weight excluding hydrogens is 827 g/mol. The number of methoxy groups -OCH3 is 2. The summed E-state index contributed by atoms with van der Waals surface area (Å²) in [6.07, 6.45) is -2.13. The van der Waals surface area contributed by atoms with Gasteiger partial charge in [-0.15, -0.1) is 0 Å². The second kappa shape index (κ2) is 21.9. The van der Waals surface area contributed by atoms with Crippen molar-refractivity contribution < 1.29 is 55.7 Å². The SMILES string of the molecule is COc1ccccc1COCCCOc1ccc(C2[C@@H](OC[C@H](O)COS(=O)(=O)c3ccc(C)cc3)C[C@@H](OCc3cc(OC)c4ccccc4c3)CN2C(=O)OC(C)(C)C)cc1. The first-order valence-electron chi connectivity index (χ1n) is 21.1. The molecule has 0 saturated carbocycles. The standard InChI is InChI=1S/C49H59NO12S/c1-34-16-22-42(23-17-34)63(53,54)61-33-39(51)32-60-46-28-41(59-30-35-26-37-12-7-9-14-43(37)45(27-35)56-6)29-50(48(52)62-49(2,3)4)47(46)36-18-20-40(21-19-36)58-25-11-24-57-31-38-13-8-10-15-44(38)55-5/h7-10,12-23,26-27,39,41,46-47,51H,11,24-25,28-33H2,1-6H3/t39-,41+,46-,47?/m0/s1. The molecule has 4 atom stereocenters. The Morgan fingerprint density at radius 3 is 2.27 bits per heavy atom. The van der Waals surface area contributed by atoms with E-state index in [9.17, 15) is 18.3 Å². The van der Waals surface area contributed by atoms with E-state index in [2.05, 4.69) is 0 Å². The Kier molecular flexibility index (Phi) is 16.4. The van der Waals surface area contributed by atoms with Crippen LogP contribution in [0.1, 0.15) is 61.9 Å². The maximum absolute atomic E-state index is 14.1. The molecule has 63 heavy (non-hydrogen) atoms. The summed E-state index contributed by atoms with van der Waals surface area (Å²) in [5, 5.41) is 13.0. The third-order valence-corrected chi connectivity index (χ3v) is 11.7. The van der Waals surface area contributed by atoms with Crippen LogP contribution in [0.4, 0.5) is 4.79 Å². The molecule has 1 aliphatic rings. The second-order valence-electron chi connectivity index (χ2n) is 16.5. The molecule has 5 aromatic rings. The molecule has 1 saturated heterocycles. The first-order chi connectivity index (χ1) is 30.2. The monoisotopic (exact) mass is 885 g/mol. The average molecular weight is 886 g/mol. The first-order valence-corrected chi connectivity index (χ1v) is 22.5. The Morgan fingerprint density at radius 2 is 1.54 bits per heavy atom. The molecule has 0 radical (unpaired) electrons. The minimum atomic E-state index is -4.14. The lowest BCUT2D eigenvalue weighted by Gasteiger charge is -2.44. The zero-order valence-electron chi connectivity index (χ0n) is 36.9. The third-order valence-electron chi connectivity index (χ3n) is 10.4. The lowest BCUT2D eigenvalue weighted by atomic mass is 9.91. The molecule has 5 aromatic carbocycles. The van der Waals surface area contributed by atoms with Crippen LogP contribution in [0.3, 0.4) is 0 Å². The van der Waals surface area contributed by atoms with Gasteiger partial charge in [-0.25, -0.2) is 4.79 Å². The minimum Gasteiger partial charge on any atom is -0.496 e. The van der Waals surface area contributed by atoms with Gasteiger partial charge in [-0.2, -0.15) is 8.42 Å². The molecule has 0 spiro atoms. The summed E-state index contributed by atoms with van der Waals surface area (Å²) in [6, 6.07) is 32.6. The van der Waals surface area contributed by atoms with Crippen LogP contribution in [0.5, 0.6) is 17.2 Å². The molecule has 14 heteroatoms. The number of hydrogen-bond acceptors (Lipinski definition) is 12. The third kappa shape index (κ3) is 13.4. The van der Waals surface area contributed by atoms with Crippen molar-refractivity contribution in [3.63, 3.8) is 0 Å². The van der Waals surface area contributed by atoms with Crippen LogP contribution in [0.25, 0.3) is 10.8 Å². The Balaban J connectivity index is 1.18. The lowest BCUT2D eigenvalue weighted by Crippen LogP contribution is -2.53. The second-order valence-corrected chi connectivity index (χ2v) is 18.1. The topological polar surface area (TPSA) is 149 Å². The fraction of sp³-hybridized carbons (Fsp3) is 0.408. The molecule has 0 bridgehead atoms. The van der Waals surface area contributed by atoms with E-state index >= 15 is 0 Å². The summed E-state index contributed by atoms with van der Waals surface area (Å²) < 4.78 is 73.0. The number of rotatable bonds is 20. The van der Waals surface area contributed by atoms with Gasteiger partial charge < -0.3 is 38.3 Å². The van der Waals surface area contributed by atoms with Crippen LogP contribution in [-0.2, 0) is 46.5 Å². The van der Waals surface area contributed by atoms with Crippen LogP contribution in [0, 0.1) is 6.92 Å². The summed E-state index contributed by atoms with van der Waals surface area (Å²) in [7, 11) is -0.868. The molecular formula is C49H59NO12S. The maximum Gasteiger partial charge on any atom is 0.410 e. The van der Waals surface area contributed by atoms with Crippen molar-refractivity contribution >= 4 is 27.0 Å². The van der Waals surface area contributed by atoms with Gasteiger partial charge in [0.25, 0.3) is 10.1 Å². The van der Waals surface area contributed by atoms with E-state index in [0.717, 1.165) is 44.5 Å². The van der Waals surface area contributed by atoms with Gasteiger partial charge >= 0.3 is 6.09 Å². The van der Waals surface area contributed by atoms with Gasteiger partial charge in [-0.1, -0.05) is 72.3 Å². The van der Waals surface area contributed by atoms with E-state index in [1.165, 1.54) is 12.1 Å². The fourth-order valence-corrected chi connectivity index (χ4v) is 8.26. The van der Waals surface area contributed by atoms with Crippen molar-refractivity contribution in [2.24, 2.45) is 0 Å². The summed E-state index contributed by atoms with van der Waals surface area (Å²) in [4.78, 5) is 15.7. The molecule has 338 valence electrons.